The van der Waals surface area contributed by atoms with Crippen LogP contribution in [0.5, 0.6) is 0 Å². The summed E-state index contributed by atoms with van der Waals surface area (Å²) in [5.74, 6) is 1.15. The largest absolute Gasteiger partial charge is 0.398 e. The zero-order valence-corrected chi connectivity index (χ0v) is 10.8. The third-order valence-corrected chi connectivity index (χ3v) is 3.50. The summed E-state index contributed by atoms with van der Waals surface area (Å²) in [6.45, 7) is 3.74. The number of carbonyl (C=O) groups is 1. The van der Waals surface area contributed by atoms with Crippen molar-refractivity contribution in [3.63, 3.8) is 0 Å². The third kappa shape index (κ3) is 3.89. The van der Waals surface area contributed by atoms with Crippen LogP contribution in [-0.4, -0.2) is 11.5 Å². The highest BCUT2D eigenvalue weighted by molar-refractivity contribution is 7.99. The van der Waals surface area contributed by atoms with Gasteiger partial charge in [0, 0.05) is 16.1 Å². The van der Waals surface area contributed by atoms with Crippen LogP contribution in [0.15, 0.2) is 23.1 Å². The molecule has 2 N–H and O–H groups in total. The first-order chi connectivity index (χ1) is 7.65. The van der Waals surface area contributed by atoms with Crippen LogP contribution in [0.2, 0.25) is 0 Å². The van der Waals surface area contributed by atoms with E-state index in [9.17, 15) is 4.79 Å². The second-order valence-corrected chi connectivity index (χ2v) is 5.03. The normalized spacial score (nSPS) is 10.4. The van der Waals surface area contributed by atoms with Gasteiger partial charge in [0.05, 0.1) is 0 Å². The maximum atomic E-state index is 11.2. The van der Waals surface area contributed by atoms with Gasteiger partial charge in [-0.05, 0) is 37.3 Å². The average molecular weight is 237 g/mol. The molecule has 0 heterocycles. The average Bonchev–Trinajstić information content (AvgIpc) is 2.24. The molecule has 1 aromatic carbocycles. The van der Waals surface area contributed by atoms with Crippen LogP contribution in [-0.2, 0) is 0 Å². The molecule has 1 aromatic rings. The molecule has 2 nitrogen and oxygen atoms in total. The Bertz CT molecular complexity index is 363. The summed E-state index contributed by atoms with van der Waals surface area (Å²) in [6.07, 6.45) is 3.75. The van der Waals surface area contributed by atoms with E-state index in [4.69, 9.17) is 5.73 Å². The van der Waals surface area contributed by atoms with Crippen LogP contribution >= 0.6 is 11.8 Å². The van der Waals surface area contributed by atoms with Gasteiger partial charge in [0.1, 0.15) is 0 Å². The Morgan fingerprint density at radius 3 is 2.69 bits per heavy atom. The van der Waals surface area contributed by atoms with E-state index in [1.54, 1.807) is 18.7 Å². The molecule has 88 valence electrons. The monoisotopic (exact) mass is 237 g/mol. The molecule has 0 unspecified atom stereocenters. The standard InChI is InChI=1S/C13H19NOS/c1-3-4-5-8-16-11-6-7-12(10(2)15)13(14)9-11/h6-7,9H,3-5,8,14H2,1-2H3. The molecule has 0 aromatic heterocycles. The topological polar surface area (TPSA) is 43.1 Å². The predicted molar refractivity (Wildman–Crippen MR) is 71.1 cm³/mol. The van der Waals surface area contributed by atoms with Gasteiger partial charge in [-0.3, -0.25) is 4.79 Å². The number of rotatable bonds is 6. The fourth-order valence-corrected chi connectivity index (χ4v) is 2.45. The second-order valence-electron chi connectivity index (χ2n) is 3.86. The first kappa shape index (κ1) is 13.1. The SMILES string of the molecule is CCCCCSc1ccc(C(C)=O)c(N)c1. The molecule has 16 heavy (non-hydrogen) atoms. The maximum absolute atomic E-state index is 11.2. The van der Waals surface area contributed by atoms with Crippen LogP contribution in [0.3, 0.4) is 0 Å². The molecule has 0 amide bonds. The van der Waals surface area contributed by atoms with E-state index >= 15 is 0 Å². The van der Waals surface area contributed by atoms with Gasteiger partial charge in [-0.15, -0.1) is 11.8 Å². The molecule has 0 aliphatic carbocycles. The number of carbonyl (C=O) groups excluding carboxylic acids is 1. The quantitative estimate of drug-likeness (QED) is 0.354. The van der Waals surface area contributed by atoms with Gasteiger partial charge in [-0.1, -0.05) is 19.8 Å². The predicted octanol–water partition coefficient (Wildman–Crippen LogP) is 3.75. The van der Waals surface area contributed by atoms with E-state index in [2.05, 4.69) is 6.92 Å². The van der Waals surface area contributed by atoms with Crippen molar-refractivity contribution >= 4 is 23.2 Å². The smallest absolute Gasteiger partial charge is 0.161 e. The molecular formula is C13H19NOS. The summed E-state index contributed by atoms with van der Waals surface area (Å²) in [7, 11) is 0. The first-order valence-electron chi connectivity index (χ1n) is 5.68. The molecule has 0 aliphatic rings. The molecule has 0 bridgehead atoms. The van der Waals surface area contributed by atoms with Crippen molar-refractivity contribution in [1.29, 1.82) is 0 Å². The number of nitrogens with two attached hydrogens (primary N) is 1. The number of benzene rings is 1. The molecule has 0 saturated carbocycles. The van der Waals surface area contributed by atoms with E-state index in [0.29, 0.717) is 11.3 Å². The second kappa shape index (κ2) is 6.59. The van der Waals surface area contributed by atoms with E-state index in [0.717, 1.165) is 10.6 Å². The lowest BCUT2D eigenvalue weighted by atomic mass is 10.1. The zero-order chi connectivity index (χ0) is 12.0. The number of Topliss-reactive ketones (excluding diaryl/α,β-unsaturated/α-hetero) is 1. The fourth-order valence-electron chi connectivity index (χ4n) is 1.49. The molecule has 0 saturated heterocycles. The lowest BCUT2D eigenvalue weighted by Gasteiger charge is -2.05. The van der Waals surface area contributed by atoms with Crippen molar-refractivity contribution in [2.45, 2.75) is 38.0 Å². The summed E-state index contributed by atoms with van der Waals surface area (Å²) in [5.41, 5.74) is 7.03. The van der Waals surface area contributed by atoms with Crippen molar-refractivity contribution in [2.24, 2.45) is 0 Å². The van der Waals surface area contributed by atoms with E-state index in [1.165, 1.54) is 19.3 Å². The Labute approximate surface area is 102 Å². The van der Waals surface area contributed by atoms with Gasteiger partial charge in [-0.25, -0.2) is 0 Å². The van der Waals surface area contributed by atoms with E-state index in [-0.39, 0.29) is 5.78 Å². The van der Waals surface area contributed by atoms with E-state index < -0.39 is 0 Å². The van der Waals surface area contributed by atoms with Crippen LogP contribution in [0, 0.1) is 0 Å². The highest BCUT2D eigenvalue weighted by atomic mass is 32.2. The van der Waals surface area contributed by atoms with Gasteiger partial charge >= 0.3 is 0 Å². The van der Waals surface area contributed by atoms with Gasteiger partial charge < -0.3 is 5.73 Å². The molecule has 1 rings (SSSR count). The lowest BCUT2D eigenvalue weighted by Crippen LogP contribution is -1.99. The minimum atomic E-state index is 0.0278. The summed E-state index contributed by atoms with van der Waals surface area (Å²) < 4.78 is 0. The highest BCUT2D eigenvalue weighted by Crippen LogP contribution is 2.24. The number of hydrogen-bond acceptors (Lipinski definition) is 3. The molecule has 0 aliphatic heterocycles. The van der Waals surface area contributed by atoms with Crippen LogP contribution in [0.4, 0.5) is 5.69 Å². The number of anilines is 1. The van der Waals surface area contributed by atoms with Crippen LogP contribution in [0.25, 0.3) is 0 Å². The van der Waals surface area contributed by atoms with Crippen molar-refractivity contribution in [2.75, 3.05) is 11.5 Å². The number of nitrogen functional groups attached to an aromatic ring is 1. The van der Waals surface area contributed by atoms with Crippen LogP contribution in [0.1, 0.15) is 43.5 Å². The number of unbranched alkanes of at least 4 members (excludes halogenated alkanes) is 2. The number of thioether (sulfide) groups is 1. The summed E-state index contributed by atoms with van der Waals surface area (Å²) >= 11 is 1.80. The molecule has 3 heteroatoms. The Morgan fingerprint density at radius 2 is 2.12 bits per heavy atom. The minimum Gasteiger partial charge on any atom is -0.398 e. The number of hydrogen-bond donors (Lipinski definition) is 1. The highest BCUT2D eigenvalue weighted by Gasteiger charge is 2.05. The van der Waals surface area contributed by atoms with E-state index in [1.807, 2.05) is 18.2 Å². The Kier molecular flexibility index (Phi) is 5.39. The molecule has 0 fully saturated rings. The molecular weight excluding hydrogens is 218 g/mol. The van der Waals surface area contributed by atoms with Gasteiger partial charge in [0.25, 0.3) is 0 Å². The summed E-state index contributed by atoms with van der Waals surface area (Å²) in [5, 5.41) is 0. The number of ketones is 1. The molecule has 0 radical (unpaired) electrons. The van der Waals surface area contributed by atoms with Crippen molar-refractivity contribution in [1.82, 2.24) is 0 Å². The Balaban J connectivity index is 2.56. The third-order valence-electron chi connectivity index (χ3n) is 2.42. The zero-order valence-electron chi connectivity index (χ0n) is 9.95. The lowest BCUT2D eigenvalue weighted by molar-refractivity contribution is 0.101. The van der Waals surface area contributed by atoms with Crippen molar-refractivity contribution < 1.29 is 4.79 Å². The van der Waals surface area contributed by atoms with Crippen LogP contribution < -0.4 is 5.73 Å². The molecule has 0 spiro atoms. The van der Waals surface area contributed by atoms with Gasteiger partial charge in [0.2, 0.25) is 0 Å². The summed E-state index contributed by atoms with van der Waals surface area (Å²) in [6, 6.07) is 5.69. The van der Waals surface area contributed by atoms with Gasteiger partial charge in [0.15, 0.2) is 5.78 Å². The first-order valence-corrected chi connectivity index (χ1v) is 6.67. The fraction of sp³-hybridized carbons (Fsp3) is 0.462. The molecule has 0 atom stereocenters. The Hall–Kier alpha value is -0.960. The maximum Gasteiger partial charge on any atom is 0.161 e. The minimum absolute atomic E-state index is 0.0278. The van der Waals surface area contributed by atoms with Crippen molar-refractivity contribution in [3.05, 3.63) is 23.8 Å². The van der Waals surface area contributed by atoms with Crippen molar-refractivity contribution in [3.8, 4) is 0 Å². The summed E-state index contributed by atoms with van der Waals surface area (Å²) in [4.78, 5) is 12.3. The Morgan fingerprint density at radius 1 is 1.38 bits per heavy atom. The van der Waals surface area contributed by atoms with Gasteiger partial charge in [-0.2, -0.15) is 0 Å².